The van der Waals surface area contributed by atoms with E-state index < -0.39 is 0 Å². The van der Waals surface area contributed by atoms with E-state index in [1.807, 2.05) is 59.1 Å². The molecule has 0 radical (unpaired) electrons. The fraction of sp³-hybridized carbons (Fsp3) is 0.100. The van der Waals surface area contributed by atoms with E-state index in [0.29, 0.717) is 17.3 Å². The number of anilines is 1. The van der Waals surface area contributed by atoms with Crippen molar-refractivity contribution in [2.24, 2.45) is 0 Å². The lowest BCUT2D eigenvalue weighted by Crippen LogP contribution is -1.95. The molecule has 4 rings (SSSR count). The third-order valence-corrected chi connectivity index (χ3v) is 4.29. The lowest BCUT2D eigenvalue weighted by molar-refractivity contribution is 0.415. The topological polar surface area (TPSA) is 74.7 Å². The number of nitrogens with zero attached hydrogens (tertiary/aromatic N) is 3. The van der Waals surface area contributed by atoms with Gasteiger partial charge in [0.2, 0.25) is 0 Å². The fourth-order valence-corrected chi connectivity index (χ4v) is 2.92. The summed E-state index contributed by atoms with van der Waals surface area (Å²) >= 11 is 0. The van der Waals surface area contributed by atoms with E-state index >= 15 is 0 Å². The van der Waals surface area contributed by atoms with Crippen LogP contribution in [0.25, 0.3) is 28.2 Å². The normalized spacial score (nSPS) is 10.8. The first-order valence-electron chi connectivity index (χ1n) is 8.12. The highest BCUT2D eigenvalue weighted by atomic mass is 16.5. The summed E-state index contributed by atoms with van der Waals surface area (Å²) in [7, 11) is 3.27. The lowest BCUT2D eigenvalue weighted by atomic mass is 10.1. The Labute approximate surface area is 150 Å². The molecule has 2 heterocycles. The molecule has 0 bridgehead atoms. The summed E-state index contributed by atoms with van der Waals surface area (Å²) in [5.41, 5.74) is 10.2. The van der Waals surface area contributed by atoms with Crippen molar-refractivity contribution in [2.45, 2.75) is 0 Å². The Morgan fingerprint density at radius 1 is 0.846 bits per heavy atom. The molecule has 26 heavy (non-hydrogen) atoms. The highest BCUT2D eigenvalue weighted by Crippen LogP contribution is 2.32. The standard InChI is InChI=1S/C20H18N4O2/c1-25-16-7-3-13(4-8-16)14-5-10-19-22-23-20(24(19)12-14)17-9-6-15(21)11-18(17)26-2/h3-12H,21H2,1-2H3. The van der Waals surface area contributed by atoms with Crippen LogP contribution in [0.15, 0.2) is 60.8 Å². The average molecular weight is 346 g/mol. The molecule has 0 unspecified atom stereocenters. The fourth-order valence-electron chi connectivity index (χ4n) is 2.92. The Morgan fingerprint density at radius 2 is 1.62 bits per heavy atom. The van der Waals surface area contributed by atoms with Crippen LogP contribution < -0.4 is 15.2 Å². The maximum Gasteiger partial charge on any atom is 0.172 e. The van der Waals surface area contributed by atoms with Crippen LogP contribution in [0.1, 0.15) is 0 Å². The quantitative estimate of drug-likeness (QED) is 0.571. The van der Waals surface area contributed by atoms with Gasteiger partial charge in [-0.1, -0.05) is 12.1 Å². The van der Waals surface area contributed by atoms with E-state index in [-0.39, 0.29) is 0 Å². The van der Waals surface area contributed by atoms with E-state index in [4.69, 9.17) is 15.2 Å². The van der Waals surface area contributed by atoms with Crippen molar-refractivity contribution in [1.82, 2.24) is 14.6 Å². The lowest BCUT2D eigenvalue weighted by Gasteiger charge is -2.09. The van der Waals surface area contributed by atoms with Gasteiger partial charge in [0.05, 0.1) is 19.8 Å². The monoisotopic (exact) mass is 346 g/mol. The first kappa shape index (κ1) is 16.0. The van der Waals surface area contributed by atoms with Crippen molar-refractivity contribution >= 4 is 11.3 Å². The molecule has 0 fully saturated rings. The zero-order valence-electron chi connectivity index (χ0n) is 14.5. The van der Waals surface area contributed by atoms with Gasteiger partial charge in [-0.3, -0.25) is 4.40 Å². The van der Waals surface area contributed by atoms with Crippen molar-refractivity contribution in [3.8, 4) is 34.0 Å². The van der Waals surface area contributed by atoms with Gasteiger partial charge in [0.25, 0.3) is 0 Å². The number of hydrogen-bond donors (Lipinski definition) is 1. The SMILES string of the molecule is COc1ccc(-c2ccc3nnc(-c4ccc(N)cc4OC)n3c2)cc1. The summed E-state index contributed by atoms with van der Waals surface area (Å²) < 4.78 is 12.6. The number of aromatic nitrogens is 3. The number of rotatable bonds is 4. The molecule has 0 amide bonds. The number of nitrogen functional groups attached to an aromatic ring is 1. The molecular formula is C20H18N4O2. The Hall–Kier alpha value is -3.54. The second-order valence-corrected chi connectivity index (χ2v) is 5.86. The molecule has 6 heteroatoms. The Balaban J connectivity index is 1.85. The van der Waals surface area contributed by atoms with Crippen LogP contribution in [0.3, 0.4) is 0 Å². The Bertz CT molecular complexity index is 1070. The zero-order chi connectivity index (χ0) is 18.1. The number of nitrogens with two attached hydrogens (primary N) is 1. The van der Waals surface area contributed by atoms with Gasteiger partial charge in [0.1, 0.15) is 11.5 Å². The van der Waals surface area contributed by atoms with Gasteiger partial charge in [-0.2, -0.15) is 0 Å². The Kier molecular flexibility index (Phi) is 3.93. The summed E-state index contributed by atoms with van der Waals surface area (Å²) in [6, 6.07) is 17.4. The maximum absolute atomic E-state index is 5.86. The minimum absolute atomic E-state index is 0.637. The molecule has 6 nitrogen and oxygen atoms in total. The van der Waals surface area contributed by atoms with E-state index in [1.54, 1.807) is 20.3 Å². The number of benzene rings is 2. The number of methoxy groups -OCH3 is 2. The van der Waals surface area contributed by atoms with Gasteiger partial charge in [-0.05, 0) is 47.5 Å². The second kappa shape index (κ2) is 6.40. The molecule has 0 saturated heterocycles. The molecule has 2 N–H and O–H groups in total. The predicted molar refractivity (Wildman–Crippen MR) is 101 cm³/mol. The van der Waals surface area contributed by atoms with Crippen molar-refractivity contribution in [3.63, 3.8) is 0 Å². The number of pyridine rings is 1. The van der Waals surface area contributed by atoms with Gasteiger partial charge in [0, 0.05) is 18.0 Å². The van der Waals surface area contributed by atoms with Crippen LogP contribution >= 0.6 is 0 Å². The molecule has 2 aromatic carbocycles. The molecule has 0 aliphatic carbocycles. The van der Waals surface area contributed by atoms with E-state index in [9.17, 15) is 0 Å². The number of fused-ring (bicyclic) bond motifs is 1. The molecule has 0 saturated carbocycles. The minimum atomic E-state index is 0.637. The molecule has 4 aromatic rings. The number of ether oxygens (including phenoxy) is 2. The van der Waals surface area contributed by atoms with Crippen LogP contribution in [0, 0.1) is 0 Å². The molecule has 0 atom stereocenters. The van der Waals surface area contributed by atoms with Gasteiger partial charge >= 0.3 is 0 Å². The van der Waals surface area contributed by atoms with Gasteiger partial charge in [0.15, 0.2) is 11.5 Å². The van der Waals surface area contributed by atoms with Crippen LogP contribution in [0.5, 0.6) is 11.5 Å². The van der Waals surface area contributed by atoms with Crippen LogP contribution in [0.4, 0.5) is 5.69 Å². The highest BCUT2D eigenvalue weighted by molar-refractivity contribution is 5.72. The third-order valence-electron chi connectivity index (χ3n) is 4.29. The first-order chi connectivity index (χ1) is 12.7. The van der Waals surface area contributed by atoms with E-state index in [1.165, 1.54) is 0 Å². The molecular weight excluding hydrogens is 328 g/mol. The molecule has 0 aliphatic rings. The van der Waals surface area contributed by atoms with E-state index in [0.717, 1.165) is 28.1 Å². The van der Waals surface area contributed by atoms with Gasteiger partial charge < -0.3 is 15.2 Å². The largest absolute Gasteiger partial charge is 0.497 e. The summed E-state index contributed by atoms with van der Waals surface area (Å²) in [4.78, 5) is 0. The van der Waals surface area contributed by atoms with E-state index in [2.05, 4.69) is 10.2 Å². The molecule has 130 valence electrons. The predicted octanol–water partition coefficient (Wildman–Crippen LogP) is 3.66. The number of hydrogen-bond acceptors (Lipinski definition) is 5. The summed E-state index contributed by atoms with van der Waals surface area (Å²) in [5.74, 6) is 2.19. The average Bonchev–Trinajstić information content (AvgIpc) is 3.11. The van der Waals surface area contributed by atoms with Gasteiger partial charge in [-0.15, -0.1) is 10.2 Å². The second-order valence-electron chi connectivity index (χ2n) is 5.86. The van der Waals surface area contributed by atoms with Gasteiger partial charge in [-0.25, -0.2) is 0 Å². The summed E-state index contributed by atoms with van der Waals surface area (Å²) in [5, 5.41) is 8.60. The van der Waals surface area contributed by atoms with Crippen molar-refractivity contribution in [2.75, 3.05) is 20.0 Å². The molecule has 0 spiro atoms. The minimum Gasteiger partial charge on any atom is -0.497 e. The Morgan fingerprint density at radius 3 is 2.35 bits per heavy atom. The highest BCUT2D eigenvalue weighted by Gasteiger charge is 2.14. The summed E-state index contributed by atoms with van der Waals surface area (Å²) in [6.07, 6.45) is 2.02. The zero-order valence-corrected chi connectivity index (χ0v) is 14.5. The smallest absolute Gasteiger partial charge is 0.172 e. The van der Waals surface area contributed by atoms with Crippen molar-refractivity contribution < 1.29 is 9.47 Å². The van der Waals surface area contributed by atoms with Crippen molar-refractivity contribution in [1.29, 1.82) is 0 Å². The third kappa shape index (κ3) is 2.71. The molecule has 0 aliphatic heterocycles. The van der Waals surface area contributed by atoms with Crippen LogP contribution in [0.2, 0.25) is 0 Å². The molecule has 2 aromatic heterocycles. The van der Waals surface area contributed by atoms with Crippen LogP contribution in [-0.2, 0) is 0 Å². The van der Waals surface area contributed by atoms with Crippen molar-refractivity contribution in [3.05, 3.63) is 60.8 Å². The van der Waals surface area contributed by atoms with Crippen LogP contribution in [-0.4, -0.2) is 28.8 Å². The summed E-state index contributed by atoms with van der Waals surface area (Å²) in [6.45, 7) is 0. The first-order valence-corrected chi connectivity index (χ1v) is 8.12. The maximum atomic E-state index is 5.86.